The van der Waals surface area contributed by atoms with Gasteiger partial charge < -0.3 is 5.32 Å². The van der Waals surface area contributed by atoms with Crippen LogP contribution in [-0.4, -0.2) is 26.9 Å². The molecule has 2 heterocycles. The summed E-state index contributed by atoms with van der Waals surface area (Å²) in [6.07, 6.45) is 4.98. The van der Waals surface area contributed by atoms with Crippen molar-refractivity contribution in [2.24, 2.45) is 7.05 Å². The second kappa shape index (κ2) is 7.44. The van der Waals surface area contributed by atoms with E-state index in [1.165, 1.54) is 0 Å². The van der Waals surface area contributed by atoms with Gasteiger partial charge in [0.1, 0.15) is 5.01 Å². The monoisotopic (exact) mass is 310 g/mol. The highest BCUT2D eigenvalue weighted by Crippen LogP contribution is 2.14. The van der Waals surface area contributed by atoms with Gasteiger partial charge in [-0.05, 0) is 18.7 Å². The fraction of sp³-hybridized carbons (Fsp3) is 0.462. The molecule has 2 aromatic rings. The van der Waals surface area contributed by atoms with Gasteiger partial charge in [0, 0.05) is 36.5 Å². The Balaban J connectivity index is 1.73. The van der Waals surface area contributed by atoms with Crippen LogP contribution in [-0.2, 0) is 30.6 Å². The van der Waals surface area contributed by atoms with Crippen LogP contribution in [0.4, 0.5) is 0 Å². The van der Waals surface area contributed by atoms with Gasteiger partial charge in [0.2, 0.25) is 5.91 Å². The molecule has 0 radical (unpaired) electrons. The molecule has 0 spiro atoms. The van der Waals surface area contributed by atoms with Crippen molar-refractivity contribution in [2.75, 3.05) is 6.26 Å². The van der Waals surface area contributed by atoms with Crippen molar-refractivity contribution in [3.05, 3.63) is 34.0 Å². The quantitative estimate of drug-likeness (QED) is 0.849. The first-order valence-electron chi connectivity index (χ1n) is 6.35. The van der Waals surface area contributed by atoms with Crippen LogP contribution in [0.25, 0.3) is 0 Å². The van der Waals surface area contributed by atoms with E-state index in [4.69, 9.17) is 0 Å². The van der Waals surface area contributed by atoms with Crippen molar-refractivity contribution in [3.8, 4) is 0 Å². The maximum Gasteiger partial charge on any atom is 0.220 e. The zero-order valence-electron chi connectivity index (χ0n) is 11.6. The lowest BCUT2D eigenvalue weighted by Gasteiger charge is -2.04. The Morgan fingerprint density at radius 2 is 2.40 bits per heavy atom. The Kier molecular flexibility index (Phi) is 5.60. The lowest BCUT2D eigenvalue weighted by atomic mass is 10.2. The number of aromatic nitrogens is 3. The topological polar surface area (TPSA) is 59.8 Å². The highest BCUT2D eigenvalue weighted by Gasteiger charge is 2.06. The van der Waals surface area contributed by atoms with Crippen LogP contribution in [0.5, 0.6) is 0 Å². The minimum Gasteiger partial charge on any atom is -0.350 e. The summed E-state index contributed by atoms with van der Waals surface area (Å²) in [5.41, 5.74) is 2.00. The number of amides is 1. The summed E-state index contributed by atoms with van der Waals surface area (Å²) in [4.78, 5) is 16.3. The van der Waals surface area contributed by atoms with Gasteiger partial charge in [0.15, 0.2) is 0 Å². The summed E-state index contributed by atoms with van der Waals surface area (Å²) in [6.45, 7) is 0.509. The third kappa shape index (κ3) is 4.35. The number of hydrogen-bond acceptors (Lipinski definition) is 5. The highest BCUT2D eigenvalue weighted by atomic mass is 32.2. The fourth-order valence-electron chi connectivity index (χ4n) is 1.79. The Morgan fingerprint density at radius 1 is 1.55 bits per heavy atom. The normalized spacial score (nSPS) is 10.7. The lowest BCUT2D eigenvalue weighted by molar-refractivity contribution is -0.121. The zero-order chi connectivity index (χ0) is 14.4. The van der Waals surface area contributed by atoms with Gasteiger partial charge >= 0.3 is 0 Å². The molecular weight excluding hydrogens is 292 g/mol. The zero-order valence-corrected chi connectivity index (χ0v) is 13.3. The van der Waals surface area contributed by atoms with Crippen LogP contribution in [0.2, 0.25) is 0 Å². The van der Waals surface area contributed by atoms with Crippen molar-refractivity contribution in [1.29, 1.82) is 0 Å². The molecule has 0 aromatic carbocycles. The van der Waals surface area contributed by atoms with Gasteiger partial charge in [-0.25, -0.2) is 4.98 Å². The van der Waals surface area contributed by atoms with E-state index in [2.05, 4.69) is 21.7 Å². The standard InChI is InChI=1S/C13H18N4OS2/c1-17-11(5-6-15-17)3-4-12(18)14-7-10-8-20-13(16-10)9-19-2/h5-6,8H,3-4,7,9H2,1-2H3,(H,14,18). The largest absolute Gasteiger partial charge is 0.350 e. The van der Waals surface area contributed by atoms with E-state index in [0.29, 0.717) is 19.4 Å². The van der Waals surface area contributed by atoms with Gasteiger partial charge in [-0.2, -0.15) is 16.9 Å². The van der Waals surface area contributed by atoms with E-state index in [1.54, 1.807) is 34.0 Å². The Hall–Kier alpha value is -1.34. The van der Waals surface area contributed by atoms with Crippen LogP contribution >= 0.6 is 23.1 Å². The molecule has 2 rings (SSSR count). The molecule has 0 aliphatic rings. The second-order valence-electron chi connectivity index (χ2n) is 4.39. The molecule has 0 saturated heterocycles. The van der Waals surface area contributed by atoms with Crippen LogP contribution < -0.4 is 5.32 Å². The molecule has 1 amide bonds. The predicted octanol–water partition coefficient (Wildman–Crippen LogP) is 1.99. The summed E-state index contributed by atoms with van der Waals surface area (Å²) < 4.78 is 1.79. The molecule has 5 nitrogen and oxygen atoms in total. The molecule has 0 aliphatic carbocycles. The molecule has 0 unspecified atom stereocenters. The predicted molar refractivity (Wildman–Crippen MR) is 82.7 cm³/mol. The second-order valence-corrected chi connectivity index (χ2v) is 6.20. The smallest absolute Gasteiger partial charge is 0.220 e. The van der Waals surface area contributed by atoms with Crippen molar-refractivity contribution in [1.82, 2.24) is 20.1 Å². The molecule has 20 heavy (non-hydrogen) atoms. The van der Waals surface area contributed by atoms with Crippen LogP contribution in [0.3, 0.4) is 0 Å². The Bertz CT molecular complexity index is 564. The van der Waals surface area contributed by atoms with Gasteiger partial charge in [0.25, 0.3) is 0 Å². The van der Waals surface area contributed by atoms with Crippen LogP contribution in [0, 0.1) is 0 Å². The number of nitrogens with one attached hydrogen (secondary N) is 1. The highest BCUT2D eigenvalue weighted by molar-refractivity contribution is 7.97. The van der Waals surface area contributed by atoms with E-state index in [9.17, 15) is 4.79 Å². The number of carbonyl (C=O) groups excluding carboxylic acids is 1. The van der Waals surface area contributed by atoms with Gasteiger partial charge in [-0.1, -0.05) is 0 Å². The van der Waals surface area contributed by atoms with Crippen molar-refractivity contribution < 1.29 is 4.79 Å². The summed E-state index contributed by atoms with van der Waals surface area (Å²) in [6, 6.07) is 1.93. The molecule has 0 atom stereocenters. The van der Waals surface area contributed by atoms with Crippen molar-refractivity contribution in [2.45, 2.75) is 25.1 Å². The molecule has 0 saturated carbocycles. The third-order valence-corrected chi connectivity index (χ3v) is 4.51. The summed E-state index contributed by atoms with van der Waals surface area (Å²) >= 11 is 3.40. The molecule has 108 valence electrons. The SMILES string of the molecule is CSCc1nc(CNC(=O)CCc2ccnn2C)cs1. The van der Waals surface area contributed by atoms with Crippen LogP contribution in [0.15, 0.2) is 17.6 Å². The lowest BCUT2D eigenvalue weighted by Crippen LogP contribution is -2.23. The first kappa shape index (κ1) is 15.1. The summed E-state index contributed by atoms with van der Waals surface area (Å²) in [5.74, 6) is 0.977. The average Bonchev–Trinajstić information content (AvgIpc) is 3.04. The minimum absolute atomic E-state index is 0.0469. The number of hydrogen-bond donors (Lipinski definition) is 1. The van der Waals surface area contributed by atoms with Crippen molar-refractivity contribution in [3.63, 3.8) is 0 Å². The average molecular weight is 310 g/mol. The molecular formula is C13H18N4OS2. The van der Waals surface area contributed by atoms with Crippen molar-refractivity contribution >= 4 is 29.0 Å². The number of carbonyl (C=O) groups is 1. The molecule has 1 N–H and O–H groups in total. The summed E-state index contributed by atoms with van der Waals surface area (Å²) in [7, 11) is 1.88. The Morgan fingerprint density at radius 3 is 3.10 bits per heavy atom. The maximum absolute atomic E-state index is 11.8. The maximum atomic E-state index is 11.8. The number of aryl methyl sites for hydroxylation is 2. The first-order chi connectivity index (χ1) is 9.69. The molecule has 0 aliphatic heterocycles. The number of nitrogens with zero attached hydrogens (tertiary/aromatic N) is 3. The summed E-state index contributed by atoms with van der Waals surface area (Å²) in [5, 5.41) is 10.1. The minimum atomic E-state index is 0.0469. The van der Waals surface area contributed by atoms with E-state index in [0.717, 1.165) is 22.1 Å². The van der Waals surface area contributed by atoms with E-state index in [-0.39, 0.29) is 5.91 Å². The molecule has 0 bridgehead atoms. The number of thioether (sulfide) groups is 1. The fourth-order valence-corrected chi connectivity index (χ4v) is 3.30. The molecule has 0 fully saturated rings. The third-order valence-electron chi connectivity index (χ3n) is 2.86. The number of rotatable bonds is 7. The van der Waals surface area contributed by atoms with E-state index >= 15 is 0 Å². The molecule has 2 aromatic heterocycles. The van der Waals surface area contributed by atoms with E-state index in [1.807, 2.05) is 18.5 Å². The van der Waals surface area contributed by atoms with E-state index < -0.39 is 0 Å². The number of thiazole rings is 1. The van der Waals surface area contributed by atoms with Gasteiger partial charge in [0.05, 0.1) is 12.2 Å². The van der Waals surface area contributed by atoms with Gasteiger partial charge in [-0.3, -0.25) is 9.48 Å². The van der Waals surface area contributed by atoms with Crippen LogP contribution in [0.1, 0.15) is 22.8 Å². The molecule has 7 heteroatoms. The van der Waals surface area contributed by atoms with Gasteiger partial charge in [-0.15, -0.1) is 11.3 Å². The Labute approximate surface area is 126 Å². The first-order valence-corrected chi connectivity index (χ1v) is 8.62.